The molecule has 19 heteroatoms. The van der Waals surface area contributed by atoms with Gasteiger partial charge in [-0.1, -0.05) is 6.08 Å². The van der Waals surface area contributed by atoms with Crippen LogP contribution in [0.2, 0.25) is 0 Å². The van der Waals surface area contributed by atoms with Crippen LogP contribution in [0.5, 0.6) is 0 Å². The molecule has 2 aromatic rings. The molecule has 6 aliphatic heterocycles. The molecule has 6 saturated heterocycles. The van der Waals surface area contributed by atoms with Gasteiger partial charge >= 0.3 is 6.09 Å². The summed E-state index contributed by atoms with van der Waals surface area (Å²) in [4.78, 5) is 58.2. The number of aliphatic hydroxyl groups excluding tert-OH is 1. The Hall–Kier alpha value is -4.56. The molecule has 6 aliphatic rings. The Balaban J connectivity index is 0.000000211. The molecule has 2 aromatic heterocycles. The van der Waals surface area contributed by atoms with E-state index in [1.165, 1.54) is 24.5 Å². The van der Waals surface area contributed by atoms with Crippen LogP contribution in [0.3, 0.4) is 0 Å². The van der Waals surface area contributed by atoms with Gasteiger partial charge in [0.05, 0.1) is 30.2 Å². The van der Waals surface area contributed by atoms with Crippen molar-refractivity contribution in [3.63, 3.8) is 0 Å². The highest BCUT2D eigenvalue weighted by molar-refractivity contribution is 5.68. The van der Waals surface area contributed by atoms with Crippen LogP contribution in [-0.4, -0.2) is 142 Å². The summed E-state index contributed by atoms with van der Waals surface area (Å²) < 4.78 is 26.8. The van der Waals surface area contributed by atoms with Gasteiger partial charge in [0.15, 0.2) is 0 Å². The van der Waals surface area contributed by atoms with E-state index in [9.17, 15) is 14.4 Å². The van der Waals surface area contributed by atoms with Gasteiger partial charge in [0.1, 0.15) is 5.60 Å². The summed E-state index contributed by atoms with van der Waals surface area (Å²) in [5.74, 6) is 0.590. The number of hydrogen-bond acceptors (Lipinski definition) is 15. The van der Waals surface area contributed by atoms with Gasteiger partial charge in [-0.05, 0) is 99.1 Å². The first-order valence-electron chi connectivity index (χ1n) is 20.9. The minimum absolute atomic E-state index is 0.114. The first-order chi connectivity index (χ1) is 28.6. The molecular weight excluding hydrogens is 780 g/mol. The fraction of sp³-hybridized carbons (Fsp3) is 0.707. The number of H-pyrrole nitrogens is 2. The third-order valence-electron chi connectivity index (χ3n) is 9.69. The van der Waals surface area contributed by atoms with Crippen LogP contribution in [0, 0.1) is 0 Å². The molecule has 6 fully saturated rings. The van der Waals surface area contributed by atoms with Crippen LogP contribution in [0.4, 0.5) is 16.7 Å². The molecule has 4 atom stereocenters. The quantitative estimate of drug-likeness (QED) is 0.213. The maximum atomic E-state index is 11.9. The lowest BCUT2D eigenvalue weighted by atomic mass is 10.1. The Kier molecular flexibility index (Phi) is 22.1. The Morgan fingerprint density at radius 1 is 0.733 bits per heavy atom. The summed E-state index contributed by atoms with van der Waals surface area (Å²) in [6.07, 6.45) is 14.3. The van der Waals surface area contributed by atoms with E-state index >= 15 is 0 Å². The second-order valence-electron chi connectivity index (χ2n) is 15.9. The Bertz CT molecular complexity index is 1610. The van der Waals surface area contributed by atoms with Crippen molar-refractivity contribution in [2.75, 3.05) is 63.2 Å². The van der Waals surface area contributed by atoms with E-state index in [-0.39, 0.29) is 23.3 Å². The van der Waals surface area contributed by atoms with Crippen LogP contribution < -0.4 is 27.1 Å². The van der Waals surface area contributed by atoms with Crippen molar-refractivity contribution in [1.82, 2.24) is 30.2 Å². The number of aromatic amines is 2. The van der Waals surface area contributed by atoms with Gasteiger partial charge in [0.25, 0.3) is 17.1 Å². The average Bonchev–Trinajstić information content (AvgIpc) is 4.01. The van der Waals surface area contributed by atoms with Gasteiger partial charge in [-0.2, -0.15) is 0 Å². The molecule has 338 valence electrons. The van der Waals surface area contributed by atoms with Crippen molar-refractivity contribution in [2.45, 2.75) is 135 Å². The van der Waals surface area contributed by atoms with E-state index in [1.54, 1.807) is 24.8 Å². The fourth-order valence-electron chi connectivity index (χ4n) is 6.62. The standard InChI is InChI=1S/C14H22N4O3.C9H14N4O.2C6H10O2.C4H8O.C2H4O2/c1-14(2,3)21-13(20)18-8-5-10(6-9-18)16-12-15-7-4-11(19)17-12;14-8-3-6-11-9(13-8)12-7-1-4-10-5-2-7;2*1-3-7-6-2-4-8-5(1)6;1-3-4(2)5;1-2(3)4/h4,7,10H,5-6,8-9H2,1-3H3,(H2,15,16,17,19);3,6-7,10H,1-2,4-5H2,(H2,11,12,13,14);2*5-6H,1-4H2;3,5H,1-2H3;1H3,(H,3,4)/b;;;;4-3+;/t;;2*5-,6-;;/m..11../s1. The summed E-state index contributed by atoms with van der Waals surface area (Å²) in [6, 6.07) is 3.39. The number of likely N-dealkylation sites (tertiary alicyclic amines) is 1. The number of aliphatic hydroxyl groups is 1. The molecule has 0 aromatic carbocycles. The topological polar surface area (TPSA) is 252 Å². The number of piperidine rings is 2. The molecule has 0 bridgehead atoms. The highest BCUT2D eigenvalue weighted by atomic mass is 16.6. The smallest absolute Gasteiger partial charge is 0.410 e. The molecule has 7 N–H and O–H groups in total. The third kappa shape index (κ3) is 20.6. The molecule has 0 spiro atoms. The first-order valence-corrected chi connectivity index (χ1v) is 20.9. The Morgan fingerprint density at radius 2 is 1.10 bits per heavy atom. The molecule has 19 nitrogen and oxygen atoms in total. The number of aliphatic carboxylic acids is 1. The van der Waals surface area contributed by atoms with E-state index in [0.717, 1.165) is 97.8 Å². The van der Waals surface area contributed by atoms with Crippen molar-refractivity contribution in [2.24, 2.45) is 0 Å². The SMILES string of the molecule is C/C=C(\C)O.C1C[C@H]2OCC[C@H]2O1.C1C[C@H]2OCC[C@H]2O1.CC(=O)O.CC(C)(C)OC(=O)N1CCC(Nc2nccc(=O)[nH]2)CC1.O=c1ccnc(NC2CCNCC2)[nH]1. The minimum atomic E-state index is -0.833. The summed E-state index contributed by atoms with van der Waals surface area (Å²) in [5, 5.41) is 25.3. The zero-order valence-corrected chi connectivity index (χ0v) is 36.1. The molecule has 0 unspecified atom stereocenters. The van der Waals surface area contributed by atoms with Crippen LogP contribution in [-0.2, 0) is 28.5 Å². The molecular formula is C41H68N8O11. The van der Waals surface area contributed by atoms with E-state index in [2.05, 4.69) is 35.9 Å². The van der Waals surface area contributed by atoms with Gasteiger partial charge < -0.3 is 54.7 Å². The second kappa shape index (κ2) is 26.6. The number of carbonyl (C=O) groups excluding carboxylic acids is 1. The maximum absolute atomic E-state index is 11.9. The molecule has 0 aliphatic carbocycles. The number of aromatic nitrogens is 4. The monoisotopic (exact) mass is 849 g/mol. The molecule has 8 heterocycles. The number of fused-ring (bicyclic) bond motifs is 2. The van der Waals surface area contributed by atoms with E-state index in [0.29, 0.717) is 61.2 Å². The molecule has 0 radical (unpaired) electrons. The summed E-state index contributed by atoms with van der Waals surface area (Å²) in [7, 11) is 0. The lowest BCUT2D eigenvalue weighted by Crippen LogP contribution is -2.44. The van der Waals surface area contributed by atoms with Crippen LogP contribution in [0.25, 0.3) is 0 Å². The van der Waals surface area contributed by atoms with E-state index < -0.39 is 11.6 Å². The minimum Gasteiger partial charge on any atom is -0.513 e. The highest BCUT2D eigenvalue weighted by Crippen LogP contribution is 2.26. The number of hydrogen-bond donors (Lipinski definition) is 7. The predicted molar refractivity (Wildman–Crippen MR) is 226 cm³/mol. The Morgan fingerprint density at radius 3 is 1.43 bits per heavy atom. The molecule has 60 heavy (non-hydrogen) atoms. The van der Waals surface area contributed by atoms with Crippen molar-refractivity contribution < 1.29 is 43.5 Å². The number of anilines is 2. The Labute approximate surface area is 352 Å². The van der Waals surface area contributed by atoms with Gasteiger partial charge in [-0.25, -0.2) is 14.8 Å². The average molecular weight is 849 g/mol. The summed E-state index contributed by atoms with van der Waals surface area (Å²) >= 11 is 0. The number of carboxylic acids is 1. The normalized spacial score (nSPS) is 23.4. The van der Waals surface area contributed by atoms with Gasteiger partial charge in [0, 0.05) is 83.1 Å². The number of allylic oxidation sites excluding steroid dienone is 2. The number of carbonyl (C=O) groups is 2. The third-order valence-corrected chi connectivity index (χ3v) is 9.69. The molecule has 0 saturated carbocycles. The largest absolute Gasteiger partial charge is 0.513 e. The highest BCUT2D eigenvalue weighted by Gasteiger charge is 2.34. The first kappa shape index (κ1) is 49.8. The second-order valence-corrected chi connectivity index (χ2v) is 15.9. The van der Waals surface area contributed by atoms with Crippen molar-refractivity contribution in [1.29, 1.82) is 0 Å². The fourth-order valence-corrected chi connectivity index (χ4v) is 6.62. The predicted octanol–water partition coefficient (Wildman–Crippen LogP) is 4.20. The number of rotatable bonds is 4. The maximum Gasteiger partial charge on any atom is 0.410 e. The number of nitrogens with zero attached hydrogens (tertiary/aromatic N) is 3. The van der Waals surface area contributed by atoms with Crippen molar-refractivity contribution >= 4 is 24.0 Å². The molecule has 1 amide bonds. The van der Waals surface area contributed by atoms with Crippen molar-refractivity contribution in [3.8, 4) is 0 Å². The molecule has 8 rings (SSSR count). The van der Waals surface area contributed by atoms with Crippen molar-refractivity contribution in [3.05, 3.63) is 57.1 Å². The van der Waals surface area contributed by atoms with E-state index in [1.807, 2.05) is 20.8 Å². The van der Waals surface area contributed by atoms with Crippen LogP contribution in [0.15, 0.2) is 46.0 Å². The van der Waals surface area contributed by atoms with Gasteiger partial charge in [-0.15, -0.1) is 0 Å². The summed E-state index contributed by atoms with van der Waals surface area (Å²) in [6.45, 7) is 17.0. The summed E-state index contributed by atoms with van der Waals surface area (Å²) in [5.41, 5.74) is -0.769. The number of amides is 1. The lowest BCUT2D eigenvalue weighted by molar-refractivity contribution is -0.134. The van der Waals surface area contributed by atoms with E-state index in [4.69, 9.17) is 38.7 Å². The number of carboxylic acid groups (broad SMARTS) is 1. The van der Waals surface area contributed by atoms with Crippen LogP contribution >= 0.6 is 0 Å². The van der Waals surface area contributed by atoms with Crippen LogP contribution in [0.1, 0.15) is 92.9 Å². The zero-order valence-electron chi connectivity index (χ0n) is 36.1. The lowest BCUT2D eigenvalue weighted by Gasteiger charge is -2.33. The van der Waals surface area contributed by atoms with Gasteiger partial charge in [-0.3, -0.25) is 24.4 Å². The van der Waals surface area contributed by atoms with Gasteiger partial charge in [0.2, 0.25) is 11.9 Å². The zero-order chi connectivity index (χ0) is 43.9. The number of nitrogens with one attached hydrogen (secondary N) is 5. The number of ether oxygens (including phenoxy) is 5.